The zero-order valence-corrected chi connectivity index (χ0v) is 24.4. The number of carbonyl (C=O) groups excluding carboxylic acids is 1. The fourth-order valence-electron chi connectivity index (χ4n) is 4.90. The zero-order chi connectivity index (χ0) is 29.4. The van der Waals surface area contributed by atoms with E-state index in [1.54, 1.807) is 16.5 Å². The van der Waals surface area contributed by atoms with E-state index in [1.165, 1.54) is 11.1 Å². The standard InChI is InChI=1S/C29H32N4O2.C2H6.CH2O2/c1-6-8-20-16-22(17-20)35-29-28-24(32(5)31-29)12-13-26(30-28)33(27(34)9-7-2)25-15-19(4)18(3)14-23(25)21-10-11-21;1-2;2-1-3/h6,12-15,20-22H,1,8,10-11,16-17H2,2-5H3;1-2H3;1H,(H,2,3). The minimum absolute atomic E-state index is 0.133. The molecule has 0 bridgehead atoms. The maximum atomic E-state index is 13.3. The first-order valence-electron chi connectivity index (χ1n) is 13.9. The predicted molar refractivity (Wildman–Crippen MR) is 159 cm³/mol. The number of carboxylic acid groups (broad SMARTS) is 1. The molecular weight excluding hydrogens is 504 g/mol. The van der Waals surface area contributed by atoms with E-state index < -0.39 is 0 Å². The van der Waals surface area contributed by atoms with E-state index in [9.17, 15) is 4.79 Å². The normalized spacial score (nSPS) is 17.1. The molecular formula is C32H40N4O4. The van der Waals surface area contributed by atoms with Gasteiger partial charge in [-0.05, 0) is 106 Å². The van der Waals surface area contributed by atoms with Crippen LogP contribution in [-0.4, -0.2) is 38.4 Å². The number of ether oxygens (including phenoxy) is 1. The lowest BCUT2D eigenvalue weighted by Gasteiger charge is -2.34. The molecule has 2 fully saturated rings. The molecule has 1 amide bonds. The summed E-state index contributed by atoms with van der Waals surface area (Å²) in [5, 5.41) is 11.5. The Balaban J connectivity index is 0.000000827. The monoisotopic (exact) mass is 544 g/mol. The Kier molecular flexibility index (Phi) is 10.5. The van der Waals surface area contributed by atoms with Gasteiger partial charge in [0.1, 0.15) is 11.9 Å². The Hall–Kier alpha value is -4.12. The molecule has 2 heterocycles. The number of fused-ring (bicyclic) bond motifs is 1. The van der Waals surface area contributed by atoms with Crippen molar-refractivity contribution in [3.8, 4) is 17.7 Å². The van der Waals surface area contributed by atoms with Gasteiger partial charge in [0.15, 0.2) is 5.52 Å². The number of amides is 1. The van der Waals surface area contributed by atoms with E-state index in [1.807, 2.05) is 39.1 Å². The summed E-state index contributed by atoms with van der Waals surface area (Å²) < 4.78 is 8.04. The Morgan fingerprint density at radius 2 is 1.88 bits per heavy atom. The highest BCUT2D eigenvalue weighted by atomic mass is 16.5. The highest BCUT2D eigenvalue weighted by Gasteiger charge is 2.33. The number of aryl methyl sites for hydroxylation is 3. The van der Waals surface area contributed by atoms with Crippen LogP contribution in [0.3, 0.4) is 0 Å². The Morgan fingerprint density at radius 1 is 1.23 bits per heavy atom. The molecule has 0 unspecified atom stereocenters. The molecule has 2 aromatic heterocycles. The second-order valence-corrected chi connectivity index (χ2v) is 9.96. The fraction of sp³-hybridized carbons (Fsp3) is 0.438. The van der Waals surface area contributed by atoms with Crippen molar-refractivity contribution in [2.75, 3.05) is 4.90 Å². The molecule has 3 aromatic rings. The third-order valence-corrected chi connectivity index (χ3v) is 7.19. The van der Waals surface area contributed by atoms with Gasteiger partial charge in [0.2, 0.25) is 0 Å². The van der Waals surface area contributed by atoms with Crippen molar-refractivity contribution in [3.63, 3.8) is 0 Å². The largest absolute Gasteiger partial charge is 0.483 e. The minimum atomic E-state index is -0.290. The van der Waals surface area contributed by atoms with Crippen LogP contribution < -0.4 is 9.64 Å². The van der Waals surface area contributed by atoms with Gasteiger partial charge in [0.25, 0.3) is 12.4 Å². The van der Waals surface area contributed by atoms with Crippen molar-refractivity contribution in [1.82, 2.24) is 14.8 Å². The van der Waals surface area contributed by atoms with Gasteiger partial charge in [0.05, 0.1) is 11.2 Å². The van der Waals surface area contributed by atoms with Crippen molar-refractivity contribution >= 4 is 34.9 Å². The quantitative estimate of drug-likeness (QED) is 0.204. The molecule has 2 aliphatic carbocycles. The number of hydrogen-bond donors (Lipinski definition) is 1. The van der Waals surface area contributed by atoms with Crippen LogP contribution in [0.4, 0.5) is 11.5 Å². The van der Waals surface area contributed by atoms with Crippen LogP contribution in [0, 0.1) is 31.6 Å². The second kappa shape index (κ2) is 13.8. The number of rotatable bonds is 7. The maximum Gasteiger partial charge on any atom is 0.308 e. The summed E-state index contributed by atoms with van der Waals surface area (Å²) >= 11 is 0. The fourth-order valence-corrected chi connectivity index (χ4v) is 4.90. The van der Waals surface area contributed by atoms with E-state index in [2.05, 4.69) is 49.5 Å². The van der Waals surface area contributed by atoms with Crippen LogP contribution in [0.1, 0.15) is 75.5 Å². The third-order valence-electron chi connectivity index (χ3n) is 7.19. The minimum Gasteiger partial charge on any atom is -0.483 e. The van der Waals surface area contributed by atoms with Crippen molar-refractivity contribution < 1.29 is 19.4 Å². The predicted octanol–water partition coefficient (Wildman–Crippen LogP) is 6.61. The van der Waals surface area contributed by atoms with E-state index in [-0.39, 0.29) is 18.5 Å². The summed E-state index contributed by atoms with van der Waals surface area (Å²) in [5.41, 5.74) is 5.95. The molecule has 2 aliphatic rings. The highest BCUT2D eigenvalue weighted by molar-refractivity contribution is 6.11. The van der Waals surface area contributed by atoms with E-state index in [0.717, 1.165) is 48.9 Å². The van der Waals surface area contributed by atoms with E-state index >= 15 is 0 Å². The van der Waals surface area contributed by atoms with Crippen LogP contribution in [0.15, 0.2) is 36.9 Å². The average molecular weight is 545 g/mol. The number of anilines is 2. The summed E-state index contributed by atoms with van der Waals surface area (Å²) in [6, 6.07) is 8.14. The lowest BCUT2D eigenvalue weighted by atomic mass is 9.80. The maximum absolute atomic E-state index is 13.3. The lowest BCUT2D eigenvalue weighted by Crippen LogP contribution is -2.33. The van der Waals surface area contributed by atoms with E-state index in [0.29, 0.717) is 29.1 Å². The highest BCUT2D eigenvalue weighted by Crippen LogP contribution is 2.46. The third kappa shape index (κ3) is 6.71. The van der Waals surface area contributed by atoms with E-state index in [4.69, 9.17) is 19.6 Å². The summed E-state index contributed by atoms with van der Waals surface area (Å²) in [7, 11) is 1.89. The number of carbonyl (C=O) groups is 2. The lowest BCUT2D eigenvalue weighted by molar-refractivity contribution is -0.122. The number of aromatic nitrogens is 3. The van der Waals surface area contributed by atoms with Gasteiger partial charge in [0, 0.05) is 7.05 Å². The van der Waals surface area contributed by atoms with Crippen molar-refractivity contribution in [2.45, 2.75) is 78.7 Å². The molecule has 8 heteroatoms. The Bertz CT molecular complexity index is 1420. The van der Waals surface area contributed by atoms with Crippen LogP contribution >= 0.6 is 0 Å². The summed E-state index contributed by atoms with van der Waals surface area (Å²) in [6.45, 7) is 13.5. The number of nitrogens with zero attached hydrogens (tertiary/aromatic N) is 4. The molecule has 0 radical (unpaired) electrons. The first-order chi connectivity index (χ1) is 19.3. The number of hydrogen-bond acceptors (Lipinski definition) is 5. The molecule has 8 nitrogen and oxygen atoms in total. The van der Waals surface area contributed by atoms with Gasteiger partial charge in [-0.15, -0.1) is 11.7 Å². The Labute approximate surface area is 237 Å². The van der Waals surface area contributed by atoms with Gasteiger partial charge in [-0.2, -0.15) is 0 Å². The SMILES string of the molecule is C=CCC1CC(Oc2nn(C)c3ccc(N(C(=O)C#CC)c4cc(C)c(C)cc4C4CC4)nc23)C1.CC.O=CO. The summed E-state index contributed by atoms with van der Waals surface area (Å²) in [4.78, 5) is 28.3. The number of benzene rings is 1. The van der Waals surface area contributed by atoms with Crippen molar-refractivity contribution in [3.05, 3.63) is 53.6 Å². The molecule has 1 N–H and O–H groups in total. The first-order valence-corrected chi connectivity index (χ1v) is 13.9. The molecule has 40 heavy (non-hydrogen) atoms. The van der Waals surface area contributed by atoms with Gasteiger partial charge >= 0.3 is 5.91 Å². The van der Waals surface area contributed by atoms with Crippen LogP contribution in [-0.2, 0) is 16.6 Å². The molecule has 212 valence electrons. The van der Waals surface area contributed by atoms with Crippen molar-refractivity contribution in [2.24, 2.45) is 13.0 Å². The topological polar surface area (TPSA) is 97.5 Å². The van der Waals surface area contributed by atoms with Crippen LogP contribution in [0.5, 0.6) is 5.88 Å². The smallest absolute Gasteiger partial charge is 0.308 e. The molecule has 0 saturated heterocycles. The Morgan fingerprint density at radius 3 is 2.48 bits per heavy atom. The van der Waals surface area contributed by atoms with Crippen LogP contribution in [0.25, 0.3) is 11.0 Å². The van der Waals surface area contributed by atoms with Crippen molar-refractivity contribution in [1.29, 1.82) is 0 Å². The van der Waals surface area contributed by atoms with Gasteiger partial charge < -0.3 is 9.84 Å². The van der Waals surface area contributed by atoms with Gasteiger partial charge in [-0.25, -0.2) is 4.98 Å². The zero-order valence-electron chi connectivity index (χ0n) is 24.4. The number of allylic oxidation sites excluding steroid dienone is 1. The summed E-state index contributed by atoms with van der Waals surface area (Å²) in [5.74, 6) is 7.36. The molecule has 2 saturated carbocycles. The summed E-state index contributed by atoms with van der Waals surface area (Å²) in [6.07, 6.45) is 7.38. The second-order valence-electron chi connectivity index (χ2n) is 9.96. The van der Waals surface area contributed by atoms with Gasteiger partial charge in [-0.3, -0.25) is 19.2 Å². The molecule has 0 spiro atoms. The van der Waals surface area contributed by atoms with Gasteiger partial charge in [-0.1, -0.05) is 31.9 Å². The molecule has 5 rings (SSSR count). The average Bonchev–Trinajstić information content (AvgIpc) is 3.71. The number of pyridine rings is 1. The van der Waals surface area contributed by atoms with Crippen LogP contribution in [0.2, 0.25) is 0 Å². The molecule has 0 aliphatic heterocycles. The first kappa shape index (κ1) is 30.4. The molecule has 1 aromatic carbocycles. The molecule has 0 atom stereocenters.